The van der Waals surface area contributed by atoms with Crippen LogP contribution in [0.2, 0.25) is 0 Å². The molecule has 53 heavy (non-hydrogen) atoms. The maximum absolute atomic E-state index is 11.5. The minimum atomic E-state index is -0.816. The second kappa shape index (κ2) is 32.2. The van der Waals surface area contributed by atoms with Crippen molar-refractivity contribution in [3.8, 4) is 0 Å². The highest BCUT2D eigenvalue weighted by molar-refractivity contribution is 5.86. The van der Waals surface area contributed by atoms with Crippen LogP contribution < -0.4 is 0 Å². The Morgan fingerprint density at radius 2 is 1.02 bits per heavy atom. The summed E-state index contributed by atoms with van der Waals surface area (Å²) in [6, 6.07) is 0. The maximum atomic E-state index is 11.5. The molecule has 2 atom stereocenters. The molecule has 0 aromatic rings. The maximum Gasteiger partial charge on any atom is 0.333 e. The lowest BCUT2D eigenvalue weighted by Crippen LogP contribution is -2.37. The Balaban J connectivity index is 4.83. The first-order valence-electron chi connectivity index (χ1n) is 22.5. The quantitative estimate of drug-likeness (QED) is 0.0295. The molecular weight excluding hydrogens is 661 g/mol. The standard InChI is InChI=1S/C47H92O6/c1-11-12-23-34-47(52-37-26-21-17-13-15-19-24-32-45(5,6)7,53-38-27-22-18-14-16-20-25-33-46(8,9)10)35-28-30-42(4)31-29-36-50-39-43(48)40-51-44(49)41(2)3/h42-43,48H,2,11-40H2,1,3-10H3. The van der Waals surface area contributed by atoms with Crippen LogP contribution in [0.3, 0.4) is 0 Å². The summed E-state index contributed by atoms with van der Waals surface area (Å²) in [7, 11) is 0. The fourth-order valence-corrected chi connectivity index (χ4v) is 6.86. The van der Waals surface area contributed by atoms with Crippen molar-refractivity contribution in [1.82, 2.24) is 0 Å². The molecule has 0 saturated carbocycles. The van der Waals surface area contributed by atoms with Gasteiger partial charge in [-0.15, -0.1) is 0 Å². The first-order valence-corrected chi connectivity index (χ1v) is 22.5. The lowest BCUT2D eigenvalue weighted by atomic mass is 9.89. The summed E-state index contributed by atoms with van der Waals surface area (Å²) in [5.74, 6) is -0.356. The van der Waals surface area contributed by atoms with E-state index >= 15 is 0 Å². The topological polar surface area (TPSA) is 74.2 Å². The molecule has 0 saturated heterocycles. The Morgan fingerprint density at radius 1 is 0.585 bits per heavy atom. The van der Waals surface area contributed by atoms with Gasteiger partial charge in [-0.2, -0.15) is 0 Å². The summed E-state index contributed by atoms with van der Waals surface area (Å²) in [5, 5.41) is 10.0. The van der Waals surface area contributed by atoms with Gasteiger partial charge in [0.05, 0.1) is 19.8 Å². The monoisotopic (exact) mass is 753 g/mol. The van der Waals surface area contributed by atoms with Gasteiger partial charge in [-0.1, -0.05) is 158 Å². The van der Waals surface area contributed by atoms with Crippen LogP contribution in [0.1, 0.15) is 223 Å². The van der Waals surface area contributed by atoms with Crippen LogP contribution in [-0.4, -0.2) is 56.0 Å². The predicted octanol–water partition coefficient (Wildman–Crippen LogP) is 13.7. The normalized spacial score (nSPS) is 13.7. The zero-order valence-electron chi connectivity index (χ0n) is 37.1. The average Bonchev–Trinajstić information content (AvgIpc) is 3.07. The molecule has 6 heteroatoms. The number of hydrogen-bond acceptors (Lipinski definition) is 6. The van der Waals surface area contributed by atoms with Gasteiger partial charge in [0.25, 0.3) is 0 Å². The third-order valence-corrected chi connectivity index (χ3v) is 10.3. The predicted molar refractivity (Wildman–Crippen MR) is 226 cm³/mol. The third kappa shape index (κ3) is 35.2. The smallest absolute Gasteiger partial charge is 0.333 e. The van der Waals surface area contributed by atoms with Gasteiger partial charge in [0, 0.05) is 25.0 Å². The highest BCUT2D eigenvalue weighted by atomic mass is 16.7. The molecule has 0 aliphatic rings. The second-order valence-electron chi connectivity index (χ2n) is 18.9. The third-order valence-electron chi connectivity index (χ3n) is 10.3. The first kappa shape index (κ1) is 52.0. The Hall–Kier alpha value is -0.950. The highest BCUT2D eigenvalue weighted by Gasteiger charge is 2.31. The molecule has 0 amide bonds. The van der Waals surface area contributed by atoms with Crippen molar-refractivity contribution >= 4 is 5.97 Å². The van der Waals surface area contributed by atoms with E-state index in [1.165, 1.54) is 103 Å². The van der Waals surface area contributed by atoms with Crippen molar-refractivity contribution in [3.63, 3.8) is 0 Å². The molecule has 0 fully saturated rings. The Morgan fingerprint density at radius 3 is 1.49 bits per heavy atom. The number of unbranched alkanes of at least 4 members (excludes halogenated alkanes) is 14. The van der Waals surface area contributed by atoms with Crippen molar-refractivity contribution in [1.29, 1.82) is 0 Å². The molecule has 0 aromatic heterocycles. The zero-order chi connectivity index (χ0) is 39.9. The summed E-state index contributed by atoms with van der Waals surface area (Å²) in [6.45, 7) is 26.1. The van der Waals surface area contributed by atoms with Gasteiger partial charge in [0.2, 0.25) is 0 Å². The van der Waals surface area contributed by atoms with Gasteiger partial charge in [0.15, 0.2) is 5.79 Å². The van der Waals surface area contributed by atoms with Gasteiger partial charge in [-0.25, -0.2) is 4.79 Å². The number of carbonyl (C=O) groups excluding carboxylic acids is 1. The summed E-state index contributed by atoms with van der Waals surface area (Å²) >= 11 is 0. The van der Waals surface area contributed by atoms with Crippen LogP contribution in [0.5, 0.6) is 0 Å². The molecule has 0 bridgehead atoms. The molecule has 0 aliphatic heterocycles. The van der Waals surface area contributed by atoms with E-state index in [-0.39, 0.29) is 13.2 Å². The minimum absolute atomic E-state index is 0.0675. The van der Waals surface area contributed by atoms with Crippen molar-refractivity contribution in [3.05, 3.63) is 12.2 Å². The first-order chi connectivity index (χ1) is 25.1. The average molecular weight is 753 g/mol. The Kier molecular flexibility index (Phi) is 31.6. The molecule has 2 unspecified atom stereocenters. The van der Waals surface area contributed by atoms with E-state index in [1.54, 1.807) is 6.92 Å². The largest absolute Gasteiger partial charge is 0.460 e. The van der Waals surface area contributed by atoms with Gasteiger partial charge < -0.3 is 24.1 Å². The molecule has 0 aromatic carbocycles. The van der Waals surface area contributed by atoms with E-state index in [9.17, 15) is 9.90 Å². The summed E-state index contributed by atoms with van der Waals surface area (Å²) in [5.41, 5.74) is 1.24. The number of esters is 1. The minimum Gasteiger partial charge on any atom is -0.460 e. The van der Waals surface area contributed by atoms with Gasteiger partial charge >= 0.3 is 5.97 Å². The molecule has 316 valence electrons. The van der Waals surface area contributed by atoms with Crippen molar-refractivity contribution in [2.75, 3.05) is 33.0 Å². The van der Waals surface area contributed by atoms with Crippen LogP contribution in [0.25, 0.3) is 0 Å². The van der Waals surface area contributed by atoms with Gasteiger partial charge in [-0.05, 0) is 75.0 Å². The van der Waals surface area contributed by atoms with E-state index in [0.29, 0.717) is 28.9 Å². The zero-order valence-corrected chi connectivity index (χ0v) is 37.1. The van der Waals surface area contributed by atoms with Crippen LogP contribution in [0.15, 0.2) is 12.2 Å². The molecule has 0 radical (unpaired) electrons. The van der Waals surface area contributed by atoms with Crippen molar-refractivity contribution in [2.24, 2.45) is 16.7 Å². The lowest BCUT2D eigenvalue weighted by Gasteiger charge is -2.35. The second-order valence-corrected chi connectivity index (χ2v) is 18.9. The van der Waals surface area contributed by atoms with Gasteiger partial charge in [0.1, 0.15) is 12.7 Å². The van der Waals surface area contributed by atoms with Crippen LogP contribution in [-0.2, 0) is 23.7 Å². The summed E-state index contributed by atoms with van der Waals surface area (Å²) in [6.07, 6.45) is 29.8. The number of hydrogen-bond donors (Lipinski definition) is 1. The Labute approximate surface area is 330 Å². The van der Waals surface area contributed by atoms with E-state index < -0.39 is 17.9 Å². The summed E-state index contributed by atoms with van der Waals surface area (Å²) in [4.78, 5) is 11.5. The van der Waals surface area contributed by atoms with E-state index in [2.05, 4.69) is 62.0 Å². The summed E-state index contributed by atoms with van der Waals surface area (Å²) < 4.78 is 24.3. The lowest BCUT2D eigenvalue weighted by molar-refractivity contribution is -0.247. The Bertz CT molecular complexity index is 822. The molecule has 1 N–H and O–H groups in total. The number of carbonyl (C=O) groups is 1. The molecule has 0 heterocycles. The van der Waals surface area contributed by atoms with Crippen LogP contribution in [0, 0.1) is 16.7 Å². The SMILES string of the molecule is C=C(C)C(=O)OCC(O)COCCCC(C)CCCC(CCCCC)(OCCCCCCCCCC(C)(C)C)OCCCCCCCCCC(C)(C)C. The highest BCUT2D eigenvalue weighted by Crippen LogP contribution is 2.31. The number of ether oxygens (including phenoxy) is 4. The van der Waals surface area contributed by atoms with Crippen LogP contribution in [0.4, 0.5) is 0 Å². The van der Waals surface area contributed by atoms with Gasteiger partial charge in [-0.3, -0.25) is 0 Å². The van der Waals surface area contributed by atoms with Crippen molar-refractivity contribution in [2.45, 2.75) is 235 Å². The van der Waals surface area contributed by atoms with E-state index in [1.807, 2.05) is 0 Å². The number of aliphatic hydroxyl groups is 1. The van der Waals surface area contributed by atoms with Crippen LogP contribution >= 0.6 is 0 Å². The van der Waals surface area contributed by atoms with Crippen molar-refractivity contribution < 1.29 is 28.8 Å². The molecule has 0 rings (SSSR count). The number of aliphatic hydroxyl groups excluding tert-OH is 1. The van der Waals surface area contributed by atoms with E-state index in [4.69, 9.17) is 18.9 Å². The molecule has 0 spiro atoms. The fraction of sp³-hybridized carbons (Fsp3) is 0.936. The molecular formula is C47H92O6. The number of rotatable bonds is 37. The molecule has 6 nitrogen and oxygen atoms in total. The fourth-order valence-electron chi connectivity index (χ4n) is 6.86. The molecule has 0 aliphatic carbocycles. The van der Waals surface area contributed by atoms with E-state index in [0.717, 1.165) is 71.0 Å².